The Bertz CT molecular complexity index is 895. The predicted octanol–water partition coefficient (Wildman–Crippen LogP) is 3.73. The monoisotopic (exact) mass is 384 g/mol. The molecule has 138 valence electrons. The van der Waals surface area contributed by atoms with Gasteiger partial charge in [-0.25, -0.2) is 4.39 Å². The van der Waals surface area contributed by atoms with Gasteiger partial charge in [0.1, 0.15) is 5.82 Å². The quantitative estimate of drug-likeness (QED) is 0.739. The van der Waals surface area contributed by atoms with Crippen molar-refractivity contribution in [3.63, 3.8) is 0 Å². The zero-order valence-corrected chi connectivity index (χ0v) is 15.3. The zero-order chi connectivity index (χ0) is 18.6. The van der Waals surface area contributed by atoms with Crippen molar-refractivity contribution in [1.29, 1.82) is 0 Å². The van der Waals surface area contributed by atoms with E-state index < -0.39 is 0 Å². The van der Waals surface area contributed by atoms with Crippen molar-refractivity contribution in [1.82, 2.24) is 15.2 Å². The van der Waals surface area contributed by atoms with Crippen molar-refractivity contribution in [2.24, 2.45) is 0 Å². The molecule has 1 N–H and O–H groups in total. The number of benzene rings is 2. The third-order valence-corrected chi connectivity index (χ3v) is 4.69. The van der Waals surface area contributed by atoms with Crippen LogP contribution in [0.4, 0.5) is 27.5 Å². The van der Waals surface area contributed by atoms with Crippen LogP contribution in [0.15, 0.2) is 54.7 Å². The summed E-state index contributed by atoms with van der Waals surface area (Å²) in [6, 6.07) is 13.9. The second-order valence-corrected chi connectivity index (χ2v) is 6.66. The molecule has 1 fully saturated rings. The lowest BCUT2D eigenvalue weighted by atomic mass is 10.2. The molecule has 6 nitrogen and oxygen atoms in total. The largest absolute Gasteiger partial charge is 0.368 e. The van der Waals surface area contributed by atoms with E-state index in [2.05, 4.69) is 30.3 Å². The minimum atomic E-state index is -0.217. The van der Waals surface area contributed by atoms with Crippen molar-refractivity contribution in [2.75, 3.05) is 41.3 Å². The number of rotatable bonds is 4. The van der Waals surface area contributed by atoms with E-state index in [1.165, 1.54) is 12.1 Å². The molecule has 0 aliphatic carbocycles. The Kier molecular flexibility index (Phi) is 5.02. The summed E-state index contributed by atoms with van der Waals surface area (Å²) in [4.78, 5) is 8.97. The summed E-state index contributed by atoms with van der Waals surface area (Å²) in [6.45, 7) is 3.26. The lowest BCUT2D eigenvalue weighted by molar-refractivity contribution is 0.624. The number of nitrogens with zero attached hydrogens (tertiary/aromatic N) is 5. The molecule has 1 aliphatic heterocycles. The van der Waals surface area contributed by atoms with Crippen molar-refractivity contribution in [3.05, 3.63) is 65.6 Å². The molecule has 0 amide bonds. The summed E-state index contributed by atoms with van der Waals surface area (Å²) in [5.74, 6) is 1.00. The molecule has 27 heavy (non-hydrogen) atoms. The Hall–Kier alpha value is -2.93. The molecule has 0 saturated carbocycles. The van der Waals surface area contributed by atoms with Crippen molar-refractivity contribution in [3.8, 4) is 0 Å². The van der Waals surface area contributed by atoms with Crippen molar-refractivity contribution in [2.45, 2.75) is 0 Å². The summed E-state index contributed by atoms with van der Waals surface area (Å²) in [7, 11) is 0. The number of piperazine rings is 1. The second-order valence-electron chi connectivity index (χ2n) is 6.22. The van der Waals surface area contributed by atoms with E-state index in [0.717, 1.165) is 43.4 Å². The molecule has 0 unspecified atom stereocenters. The van der Waals surface area contributed by atoms with Gasteiger partial charge in [0.15, 0.2) is 5.82 Å². The molecule has 0 atom stereocenters. The first-order chi connectivity index (χ1) is 13.2. The van der Waals surface area contributed by atoms with Gasteiger partial charge in [-0.3, -0.25) is 0 Å². The Morgan fingerprint density at radius 1 is 0.889 bits per heavy atom. The minimum Gasteiger partial charge on any atom is -0.368 e. The molecule has 1 aromatic heterocycles. The summed E-state index contributed by atoms with van der Waals surface area (Å²) >= 11 is 5.90. The first kappa shape index (κ1) is 17.5. The van der Waals surface area contributed by atoms with Gasteiger partial charge in [-0.2, -0.15) is 10.1 Å². The first-order valence-corrected chi connectivity index (χ1v) is 9.03. The molecule has 8 heteroatoms. The smallest absolute Gasteiger partial charge is 0.249 e. The maximum absolute atomic E-state index is 13.1. The maximum atomic E-state index is 13.1. The van der Waals surface area contributed by atoms with Gasteiger partial charge in [0, 0.05) is 42.6 Å². The predicted molar refractivity (Wildman–Crippen MR) is 105 cm³/mol. The maximum Gasteiger partial charge on any atom is 0.249 e. The molecule has 1 saturated heterocycles. The lowest BCUT2D eigenvalue weighted by Crippen LogP contribution is -2.46. The van der Waals surface area contributed by atoms with Crippen LogP contribution >= 0.6 is 11.6 Å². The van der Waals surface area contributed by atoms with Gasteiger partial charge < -0.3 is 15.1 Å². The van der Waals surface area contributed by atoms with Gasteiger partial charge in [0.05, 0.1) is 6.20 Å². The van der Waals surface area contributed by atoms with Gasteiger partial charge >= 0.3 is 0 Å². The Labute approximate surface area is 161 Å². The molecule has 4 rings (SSSR count). The molecule has 0 radical (unpaired) electrons. The number of halogens is 2. The highest BCUT2D eigenvalue weighted by atomic mass is 35.5. The molecule has 2 heterocycles. The average molecular weight is 385 g/mol. The number of nitrogens with one attached hydrogen (secondary N) is 1. The number of aromatic nitrogens is 3. The van der Waals surface area contributed by atoms with Crippen LogP contribution in [0.3, 0.4) is 0 Å². The molecule has 1 aliphatic rings. The van der Waals surface area contributed by atoms with Crippen LogP contribution in [0, 0.1) is 5.82 Å². The minimum absolute atomic E-state index is 0.217. The van der Waals surface area contributed by atoms with Gasteiger partial charge in [0.25, 0.3) is 0 Å². The SMILES string of the molecule is Fc1ccc(N2CCN(c3cnnc(Nc4ccc(Cl)cc4)n3)CC2)cc1. The lowest BCUT2D eigenvalue weighted by Gasteiger charge is -2.36. The Morgan fingerprint density at radius 2 is 1.56 bits per heavy atom. The van der Waals surface area contributed by atoms with Gasteiger partial charge in [-0.05, 0) is 48.5 Å². The topological polar surface area (TPSA) is 57.2 Å². The molecular formula is C19H18ClFN6. The van der Waals surface area contributed by atoms with E-state index in [9.17, 15) is 4.39 Å². The van der Waals surface area contributed by atoms with E-state index in [4.69, 9.17) is 11.6 Å². The number of hydrogen-bond donors (Lipinski definition) is 1. The first-order valence-electron chi connectivity index (χ1n) is 8.65. The fraction of sp³-hybridized carbons (Fsp3) is 0.211. The van der Waals surface area contributed by atoms with E-state index in [-0.39, 0.29) is 5.82 Å². The number of hydrogen-bond acceptors (Lipinski definition) is 6. The Morgan fingerprint density at radius 3 is 2.26 bits per heavy atom. The van der Waals surface area contributed by atoms with Crippen LogP contribution in [-0.4, -0.2) is 41.4 Å². The normalized spacial score (nSPS) is 14.3. The van der Waals surface area contributed by atoms with Crippen LogP contribution in [0.1, 0.15) is 0 Å². The van der Waals surface area contributed by atoms with Crippen LogP contribution in [0.5, 0.6) is 0 Å². The Balaban J connectivity index is 1.41. The molecule has 0 spiro atoms. The summed E-state index contributed by atoms with van der Waals surface area (Å²) < 4.78 is 13.1. The van der Waals surface area contributed by atoms with Crippen LogP contribution in [-0.2, 0) is 0 Å². The van der Waals surface area contributed by atoms with Crippen LogP contribution in [0.25, 0.3) is 0 Å². The standard InChI is InChI=1S/C19H18ClFN6/c20-14-1-5-16(6-2-14)23-19-24-18(13-22-25-19)27-11-9-26(10-12-27)17-7-3-15(21)4-8-17/h1-8,13H,9-12H2,(H,23,24,25). The number of anilines is 4. The second kappa shape index (κ2) is 7.75. The molecule has 0 bridgehead atoms. The summed E-state index contributed by atoms with van der Waals surface area (Å²) in [5, 5.41) is 11.9. The van der Waals surface area contributed by atoms with Crippen LogP contribution < -0.4 is 15.1 Å². The fourth-order valence-electron chi connectivity index (χ4n) is 3.01. The van der Waals surface area contributed by atoms with E-state index in [0.29, 0.717) is 11.0 Å². The average Bonchev–Trinajstić information content (AvgIpc) is 2.71. The highest BCUT2D eigenvalue weighted by Gasteiger charge is 2.19. The zero-order valence-electron chi connectivity index (χ0n) is 14.5. The van der Waals surface area contributed by atoms with Gasteiger partial charge in [-0.15, -0.1) is 5.10 Å². The molecule has 3 aromatic rings. The fourth-order valence-corrected chi connectivity index (χ4v) is 3.13. The highest BCUT2D eigenvalue weighted by Crippen LogP contribution is 2.21. The van der Waals surface area contributed by atoms with E-state index in [1.54, 1.807) is 18.3 Å². The van der Waals surface area contributed by atoms with E-state index in [1.807, 2.05) is 24.3 Å². The van der Waals surface area contributed by atoms with Crippen molar-refractivity contribution < 1.29 is 4.39 Å². The van der Waals surface area contributed by atoms with Crippen LogP contribution in [0.2, 0.25) is 5.02 Å². The third-order valence-electron chi connectivity index (χ3n) is 4.44. The van der Waals surface area contributed by atoms with Crippen molar-refractivity contribution >= 4 is 34.7 Å². The van der Waals surface area contributed by atoms with E-state index >= 15 is 0 Å². The molecule has 2 aromatic carbocycles. The summed E-state index contributed by atoms with van der Waals surface area (Å²) in [6.07, 6.45) is 1.67. The third kappa shape index (κ3) is 4.25. The van der Waals surface area contributed by atoms with Gasteiger partial charge in [0.2, 0.25) is 5.95 Å². The summed E-state index contributed by atoms with van der Waals surface area (Å²) in [5.41, 5.74) is 1.88. The highest BCUT2D eigenvalue weighted by molar-refractivity contribution is 6.30. The molecular weight excluding hydrogens is 367 g/mol. The van der Waals surface area contributed by atoms with Gasteiger partial charge in [-0.1, -0.05) is 11.6 Å².